The highest BCUT2D eigenvalue weighted by molar-refractivity contribution is 9.10. The first-order valence-corrected chi connectivity index (χ1v) is 10.3. The summed E-state index contributed by atoms with van der Waals surface area (Å²) < 4.78 is 7.43. The average Bonchev–Trinajstić information content (AvgIpc) is 2.61. The van der Waals surface area contributed by atoms with Crippen molar-refractivity contribution in [3.05, 3.63) is 46.5 Å². The molecule has 1 fully saturated rings. The Morgan fingerprint density at radius 3 is 2.62 bits per heavy atom. The van der Waals surface area contributed by atoms with Crippen molar-refractivity contribution < 1.29 is 26.4 Å². The number of nitrogens with zero attached hydrogens (tertiary/aromatic N) is 1. The van der Waals surface area contributed by atoms with Crippen LogP contribution in [0.15, 0.2) is 40.9 Å². The van der Waals surface area contributed by atoms with Crippen molar-refractivity contribution in [3.63, 3.8) is 0 Å². The lowest BCUT2D eigenvalue weighted by Crippen LogP contribution is -3.00. The Morgan fingerprint density at radius 2 is 1.92 bits per heavy atom. The molecule has 2 rings (SSSR count). The molecule has 0 amide bonds. The second-order valence-electron chi connectivity index (χ2n) is 7.03. The van der Waals surface area contributed by atoms with Crippen LogP contribution < -0.4 is 12.4 Å². The molecule has 0 aliphatic carbocycles. The summed E-state index contributed by atoms with van der Waals surface area (Å²) in [4.78, 5) is 12.2. The average molecular weight is 445 g/mol. The smallest absolute Gasteiger partial charge is 0.361 e. The van der Waals surface area contributed by atoms with Crippen molar-refractivity contribution in [1.29, 1.82) is 0 Å². The van der Waals surface area contributed by atoms with Crippen molar-refractivity contribution in [2.75, 3.05) is 32.8 Å². The number of quaternary nitrogens is 1. The van der Waals surface area contributed by atoms with Crippen molar-refractivity contribution in [1.82, 2.24) is 0 Å². The van der Waals surface area contributed by atoms with Gasteiger partial charge in [0, 0.05) is 4.47 Å². The molecule has 1 aromatic rings. The molecule has 26 heavy (non-hydrogen) atoms. The minimum Gasteiger partial charge on any atom is -1.00 e. The maximum atomic E-state index is 12.2. The number of hydrogen-bond acceptors (Lipinski definition) is 2. The first kappa shape index (κ1) is 23.2. The molecule has 0 N–H and O–H groups in total. The van der Waals surface area contributed by atoms with Gasteiger partial charge in [-0.15, -0.1) is 0 Å². The van der Waals surface area contributed by atoms with E-state index in [1.165, 1.54) is 24.8 Å². The van der Waals surface area contributed by atoms with Gasteiger partial charge in [0.2, 0.25) is 0 Å². The lowest BCUT2D eigenvalue weighted by Gasteiger charge is -2.39. The molecule has 0 radical (unpaired) electrons. The van der Waals surface area contributed by atoms with Gasteiger partial charge in [0.15, 0.2) is 6.54 Å². The Kier molecular flexibility index (Phi) is 11.2. The SMILES string of the molecule is CCCCOC(=O)C[N+]1(C/C=C/Cc2ccccc2Br)CCCCC1.[Cl-]. The van der Waals surface area contributed by atoms with Crippen LogP contribution in [0.5, 0.6) is 0 Å². The van der Waals surface area contributed by atoms with Gasteiger partial charge in [0.05, 0.1) is 26.2 Å². The fourth-order valence-electron chi connectivity index (χ4n) is 3.41. The molecule has 146 valence electrons. The topological polar surface area (TPSA) is 26.3 Å². The van der Waals surface area contributed by atoms with E-state index in [0.29, 0.717) is 13.2 Å². The predicted octanol–water partition coefficient (Wildman–Crippen LogP) is 1.90. The number of hydrogen-bond donors (Lipinski definition) is 0. The number of ether oxygens (including phenoxy) is 1. The van der Waals surface area contributed by atoms with Gasteiger partial charge >= 0.3 is 5.97 Å². The van der Waals surface area contributed by atoms with E-state index in [4.69, 9.17) is 4.74 Å². The highest BCUT2D eigenvalue weighted by atomic mass is 79.9. The maximum Gasteiger partial charge on any atom is 0.361 e. The second-order valence-corrected chi connectivity index (χ2v) is 7.89. The number of piperidine rings is 1. The molecule has 0 spiro atoms. The first-order valence-electron chi connectivity index (χ1n) is 9.54. The largest absolute Gasteiger partial charge is 1.00 e. The van der Waals surface area contributed by atoms with E-state index in [9.17, 15) is 4.79 Å². The molecule has 0 atom stereocenters. The first-order chi connectivity index (χ1) is 12.2. The predicted molar refractivity (Wildman–Crippen MR) is 106 cm³/mol. The molecule has 0 aromatic heterocycles. The zero-order valence-corrected chi connectivity index (χ0v) is 18.1. The van der Waals surface area contributed by atoms with Gasteiger partial charge in [-0.2, -0.15) is 0 Å². The third-order valence-corrected chi connectivity index (χ3v) is 5.72. The molecular formula is C21H31BrClNO2. The number of halogens is 2. The fourth-order valence-corrected chi connectivity index (χ4v) is 3.86. The van der Waals surface area contributed by atoms with Crippen molar-refractivity contribution in [3.8, 4) is 0 Å². The normalized spacial score (nSPS) is 16.2. The molecule has 1 aliphatic heterocycles. The molecule has 0 bridgehead atoms. The third kappa shape index (κ3) is 7.81. The summed E-state index contributed by atoms with van der Waals surface area (Å²) >= 11 is 3.60. The number of likely N-dealkylation sites (tertiary alicyclic amines) is 1. The number of allylic oxidation sites excluding steroid dienone is 1. The van der Waals surface area contributed by atoms with Gasteiger partial charge in [-0.3, -0.25) is 0 Å². The number of unbranched alkanes of at least 4 members (excludes halogenated alkanes) is 1. The lowest BCUT2D eigenvalue weighted by atomic mass is 10.1. The molecular weight excluding hydrogens is 414 g/mol. The van der Waals surface area contributed by atoms with Crippen LogP contribution in [0.25, 0.3) is 0 Å². The molecule has 0 unspecified atom stereocenters. The van der Waals surface area contributed by atoms with E-state index in [0.717, 1.165) is 47.9 Å². The molecule has 1 aliphatic rings. The third-order valence-electron chi connectivity index (χ3n) is 4.95. The summed E-state index contributed by atoms with van der Waals surface area (Å²) in [6, 6.07) is 8.33. The van der Waals surface area contributed by atoms with E-state index < -0.39 is 0 Å². The van der Waals surface area contributed by atoms with E-state index in [1.807, 2.05) is 6.07 Å². The molecule has 1 aromatic carbocycles. The van der Waals surface area contributed by atoms with E-state index >= 15 is 0 Å². The van der Waals surface area contributed by atoms with Crippen LogP contribution in [0.1, 0.15) is 44.6 Å². The van der Waals surface area contributed by atoms with Crippen molar-refractivity contribution >= 4 is 21.9 Å². The lowest BCUT2D eigenvalue weighted by molar-refractivity contribution is -0.920. The second kappa shape index (κ2) is 12.5. The van der Waals surface area contributed by atoms with Gasteiger partial charge < -0.3 is 21.6 Å². The van der Waals surface area contributed by atoms with Crippen LogP contribution in [0, 0.1) is 0 Å². The van der Waals surface area contributed by atoms with E-state index in [1.54, 1.807) is 0 Å². The van der Waals surface area contributed by atoms with Crippen molar-refractivity contribution in [2.24, 2.45) is 0 Å². The Hall–Kier alpha value is -0.840. The Balaban J connectivity index is 0.00000338. The Labute approximate surface area is 172 Å². The Morgan fingerprint density at radius 1 is 1.19 bits per heavy atom. The van der Waals surface area contributed by atoms with Crippen molar-refractivity contribution in [2.45, 2.75) is 45.4 Å². The number of rotatable bonds is 9. The minimum absolute atomic E-state index is 0. The molecule has 1 heterocycles. The number of carbonyl (C=O) groups is 1. The summed E-state index contributed by atoms with van der Waals surface area (Å²) in [6.07, 6.45) is 11.1. The quantitative estimate of drug-likeness (QED) is 0.252. The van der Waals surface area contributed by atoms with Gasteiger partial charge in [0.25, 0.3) is 0 Å². The molecule has 1 saturated heterocycles. The van der Waals surface area contributed by atoms with Crippen LogP contribution in [-0.2, 0) is 16.0 Å². The van der Waals surface area contributed by atoms with Gasteiger partial charge in [-0.05, 0) is 49.8 Å². The molecule has 0 saturated carbocycles. The van der Waals surface area contributed by atoms with Crippen LogP contribution >= 0.6 is 15.9 Å². The highest BCUT2D eigenvalue weighted by Crippen LogP contribution is 2.20. The van der Waals surface area contributed by atoms with Crippen LogP contribution in [0.3, 0.4) is 0 Å². The molecule has 5 heteroatoms. The molecule has 3 nitrogen and oxygen atoms in total. The summed E-state index contributed by atoms with van der Waals surface area (Å²) in [5, 5.41) is 0. The van der Waals surface area contributed by atoms with Gasteiger partial charge in [-0.1, -0.05) is 53.5 Å². The van der Waals surface area contributed by atoms with E-state index in [-0.39, 0.29) is 18.4 Å². The summed E-state index contributed by atoms with van der Waals surface area (Å²) in [5.74, 6) is -0.0328. The summed E-state index contributed by atoms with van der Waals surface area (Å²) in [5.41, 5.74) is 1.29. The fraction of sp³-hybridized carbons (Fsp3) is 0.571. The van der Waals surface area contributed by atoms with Gasteiger partial charge in [-0.25, -0.2) is 4.79 Å². The summed E-state index contributed by atoms with van der Waals surface area (Å²) in [7, 11) is 0. The highest BCUT2D eigenvalue weighted by Gasteiger charge is 2.32. The minimum atomic E-state index is -0.0328. The van der Waals surface area contributed by atoms with E-state index in [2.05, 4.69) is 53.2 Å². The van der Waals surface area contributed by atoms with Gasteiger partial charge in [0.1, 0.15) is 0 Å². The zero-order valence-electron chi connectivity index (χ0n) is 15.8. The van der Waals surface area contributed by atoms with Crippen LogP contribution in [0.2, 0.25) is 0 Å². The zero-order chi connectivity index (χ0) is 18.0. The number of carbonyl (C=O) groups excluding carboxylic acids is 1. The van der Waals surface area contributed by atoms with Crippen LogP contribution in [-0.4, -0.2) is 43.2 Å². The monoisotopic (exact) mass is 443 g/mol. The Bertz CT molecular complexity index is 571. The standard InChI is InChI=1S/C21H31BrNO2.ClH/c1-2-3-17-25-21(24)18-23(14-8-4-9-15-23)16-10-7-12-19-11-5-6-13-20(19)22;/h5-7,10-11,13H,2-4,8-9,12,14-18H2,1H3;1H/q+1;/p-1/b10-7+;. The summed E-state index contributed by atoms with van der Waals surface area (Å²) in [6.45, 7) is 6.29. The number of benzene rings is 1. The number of esters is 1. The maximum absolute atomic E-state index is 12.2. The van der Waals surface area contributed by atoms with Crippen LogP contribution in [0.4, 0.5) is 0 Å².